The molecule has 1 aromatic heterocycles. The molecule has 4 rings (SSSR count). The second kappa shape index (κ2) is 9.43. The first-order chi connectivity index (χ1) is 16.1. The van der Waals surface area contributed by atoms with Gasteiger partial charge in [0.15, 0.2) is 5.82 Å². The van der Waals surface area contributed by atoms with E-state index < -0.39 is 11.7 Å². The van der Waals surface area contributed by atoms with Crippen molar-refractivity contribution in [2.75, 3.05) is 0 Å². The number of nitrogens with zero attached hydrogens (tertiary/aromatic N) is 3. The van der Waals surface area contributed by atoms with Gasteiger partial charge in [0.1, 0.15) is 16.4 Å². The predicted molar refractivity (Wildman–Crippen MR) is 133 cm³/mol. The second-order valence-corrected chi connectivity index (χ2v) is 10.2. The van der Waals surface area contributed by atoms with Crippen molar-refractivity contribution < 1.29 is 14.3 Å². The van der Waals surface area contributed by atoms with E-state index >= 15 is 0 Å². The number of nitrogens with one attached hydrogen (secondary N) is 1. The lowest BCUT2D eigenvalue weighted by atomic mass is 10.0. The van der Waals surface area contributed by atoms with Crippen LogP contribution in [0, 0.1) is 6.57 Å². The molecule has 0 bridgehead atoms. The third-order valence-electron chi connectivity index (χ3n) is 5.32. The van der Waals surface area contributed by atoms with E-state index in [-0.39, 0.29) is 12.1 Å². The van der Waals surface area contributed by atoms with Crippen LogP contribution in [-0.4, -0.2) is 27.2 Å². The van der Waals surface area contributed by atoms with Gasteiger partial charge in [-0.05, 0) is 82.3 Å². The zero-order valence-electron chi connectivity index (χ0n) is 20.0. The second-order valence-electron chi connectivity index (χ2n) is 9.49. The molecular formula is C26H28N4O3S. The quantitative estimate of drug-likeness (QED) is 0.414. The molecule has 1 N–H and O–H groups in total. The SMILES string of the molecule is [C-]#[N+]c1cc(-c2nsc(-c3cccc4c3CC[C@@H]4NC(=O)OC(C)(C)C)n2)ccc1OC(C)C. The first-order valence-electron chi connectivity index (χ1n) is 11.3. The summed E-state index contributed by atoms with van der Waals surface area (Å²) >= 11 is 1.33. The van der Waals surface area contributed by atoms with E-state index in [9.17, 15) is 4.79 Å². The maximum absolute atomic E-state index is 12.3. The maximum atomic E-state index is 12.3. The highest BCUT2D eigenvalue weighted by atomic mass is 32.1. The highest BCUT2D eigenvalue weighted by Crippen LogP contribution is 2.40. The van der Waals surface area contributed by atoms with Gasteiger partial charge in [-0.2, -0.15) is 4.37 Å². The van der Waals surface area contributed by atoms with Gasteiger partial charge in [0, 0.05) is 11.1 Å². The monoisotopic (exact) mass is 476 g/mol. The van der Waals surface area contributed by atoms with Crippen LogP contribution in [0.4, 0.5) is 10.5 Å². The summed E-state index contributed by atoms with van der Waals surface area (Å²) in [4.78, 5) is 20.7. The average molecular weight is 477 g/mol. The summed E-state index contributed by atoms with van der Waals surface area (Å²) in [5, 5.41) is 3.82. The maximum Gasteiger partial charge on any atom is 0.408 e. The van der Waals surface area contributed by atoms with Crippen molar-refractivity contribution in [2.24, 2.45) is 0 Å². The summed E-state index contributed by atoms with van der Waals surface area (Å²) in [7, 11) is 0. The number of hydrogen-bond acceptors (Lipinski definition) is 6. The molecule has 0 unspecified atom stereocenters. The normalized spacial score (nSPS) is 15.0. The molecule has 0 aliphatic heterocycles. The molecule has 0 saturated heterocycles. The van der Waals surface area contributed by atoms with E-state index in [1.807, 2.05) is 58.9 Å². The predicted octanol–water partition coefficient (Wildman–Crippen LogP) is 6.72. The highest BCUT2D eigenvalue weighted by molar-refractivity contribution is 7.09. The van der Waals surface area contributed by atoms with Crippen molar-refractivity contribution in [3.05, 3.63) is 58.9 Å². The number of aromatic nitrogens is 2. The fourth-order valence-electron chi connectivity index (χ4n) is 4.00. The molecule has 1 atom stereocenters. The standard InChI is InChI=1S/C26H28N4O3S/c1-15(2)32-22-13-10-16(14-21(22)27-6)23-29-24(34-30-23)19-9-7-8-18-17(19)11-12-20(18)28-25(31)33-26(3,4)5/h7-10,13-15,20H,11-12H2,1-5H3,(H,28,31)/t20-/m0/s1. The van der Waals surface area contributed by atoms with Gasteiger partial charge in [-0.25, -0.2) is 14.6 Å². The molecule has 176 valence electrons. The number of carbonyl (C=O) groups is 1. The van der Waals surface area contributed by atoms with E-state index in [1.54, 1.807) is 12.1 Å². The molecule has 2 aromatic carbocycles. The topological polar surface area (TPSA) is 77.7 Å². The first kappa shape index (κ1) is 23.7. The first-order valence-corrected chi connectivity index (χ1v) is 12.1. The van der Waals surface area contributed by atoms with E-state index in [4.69, 9.17) is 21.0 Å². The molecular weight excluding hydrogens is 448 g/mol. The zero-order valence-corrected chi connectivity index (χ0v) is 20.8. The Morgan fingerprint density at radius 3 is 2.76 bits per heavy atom. The minimum absolute atomic E-state index is 0.0100. The van der Waals surface area contributed by atoms with Crippen molar-refractivity contribution >= 4 is 23.3 Å². The summed E-state index contributed by atoms with van der Waals surface area (Å²) in [6.45, 7) is 16.9. The number of hydrogen-bond donors (Lipinski definition) is 1. The van der Waals surface area contributed by atoms with E-state index in [0.717, 1.165) is 34.5 Å². The third kappa shape index (κ3) is 5.20. The van der Waals surface area contributed by atoms with Crippen molar-refractivity contribution in [1.82, 2.24) is 14.7 Å². The van der Waals surface area contributed by atoms with Crippen LogP contribution in [-0.2, 0) is 11.2 Å². The molecule has 1 aliphatic rings. The largest absolute Gasteiger partial charge is 0.502 e. The third-order valence-corrected chi connectivity index (χ3v) is 6.07. The smallest absolute Gasteiger partial charge is 0.408 e. The summed E-state index contributed by atoms with van der Waals surface area (Å²) in [6.07, 6.45) is 1.23. The summed E-state index contributed by atoms with van der Waals surface area (Å²) in [5.74, 6) is 1.15. The Bertz CT molecular complexity index is 1250. The lowest BCUT2D eigenvalue weighted by molar-refractivity contribution is 0.0503. The summed E-state index contributed by atoms with van der Waals surface area (Å²) in [5.41, 5.74) is 3.97. The van der Waals surface area contributed by atoms with Crippen LogP contribution in [0.1, 0.15) is 58.2 Å². The molecule has 34 heavy (non-hydrogen) atoms. The van der Waals surface area contributed by atoms with Gasteiger partial charge >= 0.3 is 6.09 Å². The van der Waals surface area contributed by atoms with Crippen molar-refractivity contribution in [3.63, 3.8) is 0 Å². The minimum Gasteiger partial charge on any atom is -0.502 e. The molecule has 0 spiro atoms. The van der Waals surface area contributed by atoms with Crippen molar-refractivity contribution in [3.8, 4) is 27.7 Å². The van der Waals surface area contributed by atoms with Gasteiger partial charge in [-0.3, -0.25) is 0 Å². The average Bonchev–Trinajstić information content (AvgIpc) is 3.40. The molecule has 1 aliphatic carbocycles. The highest BCUT2D eigenvalue weighted by Gasteiger charge is 2.29. The van der Waals surface area contributed by atoms with E-state index in [0.29, 0.717) is 17.3 Å². The van der Waals surface area contributed by atoms with Crippen molar-refractivity contribution in [1.29, 1.82) is 0 Å². The van der Waals surface area contributed by atoms with Gasteiger partial charge < -0.3 is 14.8 Å². The number of rotatable bonds is 5. The molecule has 8 heteroatoms. The van der Waals surface area contributed by atoms with Crippen LogP contribution in [0.15, 0.2) is 36.4 Å². The molecule has 1 amide bonds. The van der Waals surface area contributed by atoms with Gasteiger partial charge in [0.2, 0.25) is 5.69 Å². The fourth-order valence-corrected chi connectivity index (χ4v) is 4.74. The van der Waals surface area contributed by atoms with Crippen LogP contribution in [0.5, 0.6) is 5.75 Å². The lowest BCUT2D eigenvalue weighted by Crippen LogP contribution is -2.34. The molecule has 0 fully saturated rings. The molecule has 3 aromatic rings. The number of amides is 1. The Kier molecular flexibility index (Phi) is 6.58. The van der Waals surface area contributed by atoms with E-state index in [2.05, 4.69) is 14.5 Å². The molecule has 0 saturated carbocycles. The fraction of sp³-hybridized carbons (Fsp3) is 0.385. The Labute approximate surface area is 204 Å². The van der Waals surface area contributed by atoms with Crippen LogP contribution < -0.4 is 10.1 Å². The van der Waals surface area contributed by atoms with Crippen LogP contribution in [0.3, 0.4) is 0 Å². The lowest BCUT2D eigenvalue weighted by Gasteiger charge is -2.22. The number of fused-ring (bicyclic) bond motifs is 1. The van der Waals surface area contributed by atoms with Gasteiger partial charge in [0.25, 0.3) is 0 Å². The number of carbonyl (C=O) groups excluding carboxylic acids is 1. The number of benzene rings is 2. The number of alkyl carbamates (subject to hydrolysis) is 1. The van der Waals surface area contributed by atoms with Crippen LogP contribution in [0.25, 0.3) is 26.8 Å². The molecule has 7 nitrogen and oxygen atoms in total. The molecule has 0 radical (unpaired) electrons. The Balaban J connectivity index is 1.58. The van der Waals surface area contributed by atoms with Gasteiger partial charge in [-0.15, -0.1) is 0 Å². The van der Waals surface area contributed by atoms with Gasteiger partial charge in [0.05, 0.1) is 18.7 Å². The minimum atomic E-state index is -0.539. The van der Waals surface area contributed by atoms with Crippen LogP contribution >= 0.6 is 11.5 Å². The molecule has 1 heterocycles. The summed E-state index contributed by atoms with van der Waals surface area (Å²) in [6, 6.07) is 11.4. The number of ether oxygens (including phenoxy) is 2. The van der Waals surface area contributed by atoms with Crippen molar-refractivity contribution in [2.45, 2.75) is 65.2 Å². The van der Waals surface area contributed by atoms with Gasteiger partial charge in [-0.1, -0.05) is 24.3 Å². The summed E-state index contributed by atoms with van der Waals surface area (Å²) < 4.78 is 15.7. The Morgan fingerprint density at radius 1 is 1.26 bits per heavy atom. The Morgan fingerprint density at radius 2 is 2.06 bits per heavy atom. The van der Waals surface area contributed by atoms with E-state index in [1.165, 1.54) is 17.1 Å². The van der Waals surface area contributed by atoms with Crippen LogP contribution in [0.2, 0.25) is 0 Å². The zero-order chi connectivity index (χ0) is 24.5. The Hall–Kier alpha value is -3.44.